The van der Waals surface area contributed by atoms with E-state index in [-0.39, 0.29) is 54.0 Å². The van der Waals surface area contributed by atoms with Crippen LogP contribution in [0.15, 0.2) is 0 Å². The standard InChI is InChI=1S/2C13H29NO4SSi.C7H14N2O2.C6H13NO2/c1-6-16-20(17-7-2,18-8-3)11-9-10-14-13(15)12(4)19-5;1-5-16-20(17-6-2,18-7-3)12-8-10-14-13(15)9-11-19-4;1-3-5(2)7(11)9-4-6(8)10;1-3-5(2)6(9)7-4-8/h12H,6-11H2,1-5H3,(H,14,15);5-12H2,1-4H3,(H,14,15);5H,3-4H2,1-2H3,(H2,8,10)(H,9,11);5,8H,3-4H2,1-2H3,(H,7,9). The van der Waals surface area contributed by atoms with Crippen LogP contribution in [0.4, 0.5) is 0 Å². The molecule has 5 amide bonds. The van der Waals surface area contributed by atoms with Gasteiger partial charge in [-0.1, -0.05) is 27.7 Å². The molecule has 0 rings (SSSR count). The van der Waals surface area contributed by atoms with Crippen molar-refractivity contribution in [3.8, 4) is 0 Å². The summed E-state index contributed by atoms with van der Waals surface area (Å²) >= 11 is 3.22. The molecule has 21 heteroatoms. The van der Waals surface area contributed by atoms with E-state index in [0.29, 0.717) is 59.2 Å². The van der Waals surface area contributed by atoms with E-state index >= 15 is 0 Å². The van der Waals surface area contributed by atoms with Gasteiger partial charge >= 0.3 is 17.6 Å². The monoisotopic (exact) mass is 936 g/mol. The Morgan fingerprint density at radius 1 is 0.600 bits per heavy atom. The van der Waals surface area contributed by atoms with Gasteiger partial charge in [-0.15, -0.1) is 0 Å². The zero-order chi connectivity index (χ0) is 46.8. The molecule has 0 aromatic rings. The molecule has 0 aromatic carbocycles. The topological polar surface area (TPSA) is 235 Å². The number of hydrogen-bond acceptors (Lipinski definition) is 14. The maximum Gasteiger partial charge on any atom is 0.500 e. The molecule has 7 N–H and O–H groups in total. The van der Waals surface area contributed by atoms with Crippen LogP contribution in [0.2, 0.25) is 12.1 Å². The lowest BCUT2D eigenvalue weighted by molar-refractivity contribution is -0.127. The van der Waals surface area contributed by atoms with Crippen molar-refractivity contribution >= 4 is 70.7 Å². The third-order valence-electron chi connectivity index (χ3n) is 8.19. The van der Waals surface area contributed by atoms with Gasteiger partial charge in [0.1, 0.15) is 6.73 Å². The van der Waals surface area contributed by atoms with Gasteiger partial charge in [-0.05, 0) is 86.7 Å². The Bertz CT molecular complexity index is 1060. The van der Waals surface area contributed by atoms with E-state index in [2.05, 4.69) is 21.3 Å². The maximum absolute atomic E-state index is 11.7. The van der Waals surface area contributed by atoms with Gasteiger partial charge in [-0.2, -0.15) is 23.5 Å². The number of thioether (sulfide) groups is 2. The summed E-state index contributed by atoms with van der Waals surface area (Å²) in [6, 6.07) is 1.47. The first-order valence-corrected chi connectivity index (χ1v) is 27.9. The summed E-state index contributed by atoms with van der Waals surface area (Å²) in [4.78, 5) is 55.0. The molecule has 60 heavy (non-hydrogen) atoms. The largest absolute Gasteiger partial charge is 0.500 e. The molecule has 0 bridgehead atoms. The third kappa shape index (κ3) is 36.8. The first-order chi connectivity index (χ1) is 28.5. The first-order valence-electron chi connectivity index (χ1n) is 21.3. The molecule has 0 radical (unpaired) electrons. The number of primary amides is 1. The van der Waals surface area contributed by atoms with Crippen LogP contribution in [-0.2, 0) is 50.5 Å². The molecular formula is C39H85N5O12S2Si2. The normalized spacial score (nSPS) is 12.4. The Kier molecular flexibility index (Phi) is 47.4. The number of carbonyl (C=O) groups excluding carboxylic acids is 5. The van der Waals surface area contributed by atoms with E-state index in [1.165, 1.54) is 0 Å². The minimum absolute atomic E-state index is 0.0112. The number of hydrogen-bond donors (Lipinski definition) is 6. The fourth-order valence-electron chi connectivity index (χ4n) is 4.56. The Balaban J connectivity index is -0.000000367. The number of carbonyl (C=O) groups is 5. The average Bonchev–Trinajstić information content (AvgIpc) is 3.22. The van der Waals surface area contributed by atoms with Crippen molar-refractivity contribution in [1.82, 2.24) is 21.3 Å². The fourth-order valence-corrected chi connectivity index (χ4v) is 10.5. The predicted octanol–water partition coefficient (Wildman–Crippen LogP) is 4.32. The van der Waals surface area contributed by atoms with Crippen molar-refractivity contribution < 1.29 is 55.6 Å². The smallest absolute Gasteiger partial charge is 0.377 e. The van der Waals surface area contributed by atoms with Crippen LogP contribution >= 0.6 is 23.5 Å². The summed E-state index contributed by atoms with van der Waals surface area (Å²) in [7, 11) is -5.11. The zero-order valence-electron chi connectivity index (χ0n) is 39.3. The molecule has 17 nitrogen and oxygen atoms in total. The van der Waals surface area contributed by atoms with Crippen molar-refractivity contribution in [2.75, 3.05) is 84.3 Å². The summed E-state index contributed by atoms with van der Waals surface area (Å²) in [5.41, 5.74) is 4.83. The fraction of sp³-hybridized carbons (Fsp3) is 0.872. The molecule has 3 unspecified atom stereocenters. The lowest BCUT2D eigenvalue weighted by atomic mass is 10.1. The second-order valence-electron chi connectivity index (χ2n) is 12.9. The van der Waals surface area contributed by atoms with E-state index in [4.69, 9.17) is 37.4 Å². The number of aliphatic hydroxyl groups is 1. The molecule has 0 heterocycles. The van der Waals surface area contributed by atoms with Crippen LogP contribution in [-0.4, -0.2) is 142 Å². The van der Waals surface area contributed by atoms with Crippen molar-refractivity contribution in [2.45, 2.75) is 126 Å². The molecule has 0 aliphatic rings. The van der Waals surface area contributed by atoms with Crippen LogP contribution in [0, 0.1) is 11.8 Å². The van der Waals surface area contributed by atoms with Crippen LogP contribution in [0.1, 0.15) is 108 Å². The predicted molar refractivity (Wildman–Crippen MR) is 248 cm³/mol. The molecule has 0 saturated carbocycles. The number of aliphatic hydroxyl groups excluding tert-OH is 1. The van der Waals surface area contributed by atoms with Crippen LogP contribution in [0.5, 0.6) is 0 Å². The van der Waals surface area contributed by atoms with Crippen LogP contribution in [0.25, 0.3) is 0 Å². The first kappa shape index (κ1) is 64.8. The highest BCUT2D eigenvalue weighted by Crippen LogP contribution is 2.19. The average molecular weight is 936 g/mol. The SMILES string of the molecule is CCC(C)C(=O)NCC(N)=O.CCC(C)C(=O)NCO.CCO[Si](CCCNC(=O)C(C)SC)(OCC)OCC.CCO[Si](CCCNC(=O)CCSC)(OCC)OCC. The van der Waals surface area contributed by atoms with Crippen LogP contribution < -0.4 is 27.0 Å². The quantitative estimate of drug-likeness (QED) is 0.0314. The van der Waals surface area contributed by atoms with Crippen molar-refractivity contribution in [3.05, 3.63) is 0 Å². The molecule has 0 fully saturated rings. The minimum Gasteiger partial charge on any atom is -0.377 e. The number of rotatable bonds is 32. The second kappa shape index (κ2) is 43.8. The van der Waals surface area contributed by atoms with Crippen molar-refractivity contribution in [3.63, 3.8) is 0 Å². The van der Waals surface area contributed by atoms with Crippen molar-refractivity contribution in [1.29, 1.82) is 0 Å². The van der Waals surface area contributed by atoms with Gasteiger partial charge < -0.3 is 58.7 Å². The van der Waals surface area contributed by atoms with Gasteiger partial charge in [-0.3, -0.25) is 24.0 Å². The Morgan fingerprint density at radius 3 is 1.30 bits per heavy atom. The van der Waals surface area contributed by atoms with Crippen LogP contribution in [0.3, 0.4) is 0 Å². The van der Waals surface area contributed by atoms with Gasteiger partial charge in [0.25, 0.3) is 0 Å². The summed E-state index contributed by atoms with van der Waals surface area (Å²) in [6.07, 6.45) is 7.71. The Labute approximate surface area is 373 Å². The number of nitrogens with two attached hydrogens (primary N) is 1. The number of nitrogens with one attached hydrogen (secondary N) is 4. The lowest BCUT2D eigenvalue weighted by Crippen LogP contribution is -2.46. The molecule has 358 valence electrons. The molecule has 0 saturated heterocycles. The van der Waals surface area contributed by atoms with Crippen molar-refractivity contribution in [2.24, 2.45) is 17.6 Å². The van der Waals surface area contributed by atoms with E-state index in [0.717, 1.165) is 43.5 Å². The Hall–Kier alpha value is -1.80. The lowest BCUT2D eigenvalue weighted by Gasteiger charge is -2.28. The molecule has 0 aliphatic carbocycles. The van der Waals surface area contributed by atoms with E-state index in [1.54, 1.807) is 30.4 Å². The third-order valence-corrected chi connectivity index (χ3v) is 16.0. The highest BCUT2D eigenvalue weighted by Gasteiger charge is 2.40. The second-order valence-corrected chi connectivity index (χ2v) is 20.6. The highest BCUT2D eigenvalue weighted by molar-refractivity contribution is 7.99. The Morgan fingerprint density at radius 2 is 0.983 bits per heavy atom. The summed E-state index contributed by atoms with van der Waals surface area (Å²) in [6.45, 7) is 25.5. The molecule has 3 atom stereocenters. The minimum atomic E-state index is -2.56. The van der Waals surface area contributed by atoms with Gasteiger partial charge in [0, 0.05) is 88.8 Å². The molecule has 0 aromatic heterocycles. The van der Waals surface area contributed by atoms with Gasteiger partial charge in [-0.25, -0.2) is 0 Å². The summed E-state index contributed by atoms with van der Waals surface area (Å²) in [5, 5.41) is 18.8. The molecular weight excluding hydrogens is 851 g/mol. The van der Waals surface area contributed by atoms with E-state index in [9.17, 15) is 24.0 Å². The summed E-state index contributed by atoms with van der Waals surface area (Å²) in [5.74, 6) is 0.297. The summed E-state index contributed by atoms with van der Waals surface area (Å²) < 4.78 is 34.6. The molecule has 0 spiro atoms. The van der Waals surface area contributed by atoms with E-state index < -0.39 is 23.5 Å². The highest BCUT2D eigenvalue weighted by atomic mass is 32.2. The van der Waals surface area contributed by atoms with Gasteiger partial charge in [0.05, 0.1) is 11.8 Å². The zero-order valence-corrected chi connectivity index (χ0v) is 42.9. The van der Waals surface area contributed by atoms with E-state index in [1.807, 2.05) is 81.7 Å². The maximum atomic E-state index is 11.7. The van der Waals surface area contributed by atoms with Gasteiger partial charge in [0.2, 0.25) is 29.5 Å². The molecule has 0 aliphatic heterocycles. The number of amides is 5. The van der Waals surface area contributed by atoms with Gasteiger partial charge in [0.15, 0.2) is 0 Å².